The van der Waals surface area contributed by atoms with Crippen LogP contribution in [0, 0.1) is 17.8 Å². The predicted octanol–water partition coefficient (Wildman–Crippen LogP) is 0.250. The van der Waals surface area contributed by atoms with Crippen molar-refractivity contribution in [2.45, 2.75) is 26.7 Å². The molecular formula is C13H23N3O4. The van der Waals surface area contributed by atoms with Crippen LogP contribution in [0.2, 0.25) is 0 Å². The number of carboxylic acid groups (broad SMARTS) is 1. The van der Waals surface area contributed by atoms with Crippen LogP contribution in [0.25, 0.3) is 0 Å². The molecule has 1 aliphatic heterocycles. The molecule has 4 N–H and O–H groups in total. The Morgan fingerprint density at radius 1 is 1.30 bits per heavy atom. The van der Waals surface area contributed by atoms with Crippen molar-refractivity contribution in [1.29, 1.82) is 0 Å². The zero-order valence-corrected chi connectivity index (χ0v) is 12.0. The molecule has 1 rings (SSSR count). The van der Waals surface area contributed by atoms with Crippen LogP contribution in [-0.4, -0.2) is 47.5 Å². The number of rotatable bonds is 5. The molecule has 0 aromatic carbocycles. The average Bonchev–Trinajstić information content (AvgIpc) is 2.38. The van der Waals surface area contributed by atoms with Crippen molar-refractivity contribution in [2.24, 2.45) is 23.5 Å². The summed E-state index contributed by atoms with van der Waals surface area (Å²) in [6, 6.07) is -0.278. The Kier molecular flexibility index (Phi) is 5.79. The predicted molar refractivity (Wildman–Crippen MR) is 72.9 cm³/mol. The van der Waals surface area contributed by atoms with Crippen LogP contribution in [0.1, 0.15) is 26.7 Å². The first kappa shape index (κ1) is 16.3. The van der Waals surface area contributed by atoms with Gasteiger partial charge in [0.25, 0.3) is 0 Å². The molecule has 0 aliphatic carbocycles. The highest BCUT2D eigenvalue weighted by Gasteiger charge is 2.27. The lowest BCUT2D eigenvalue weighted by molar-refractivity contribution is -0.143. The van der Waals surface area contributed by atoms with Crippen LogP contribution in [-0.2, 0) is 9.59 Å². The Hall–Kier alpha value is -1.79. The number of hydrogen-bond donors (Lipinski definition) is 3. The number of piperidine rings is 1. The van der Waals surface area contributed by atoms with Crippen LogP contribution < -0.4 is 11.1 Å². The Morgan fingerprint density at radius 2 is 1.85 bits per heavy atom. The van der Waals surface area contributed by atoms with E-state index in [0.717, 1.165) is 0 Å². The van der Waals surface area contributed by atoms with E-state index >= 15 is 0 Å². The maximum absolute atomic E-state index is 11.9. The van der Waals surface area contributed by atoms with Crippen LogP contribution >= 0.6 is 0 Å². The maximum atomic E-state index is 11.9. The number of hydrogen-bond acceptors (Lipinski definition) is 3. The molecule has 1 unspecified atom stereocenters. The summed E-state index contributed by atoms with van der Waals surface area (Å²) in [5.41, 5.74) is 5.23. The van der Waals surface area contributed by atoms with Crippen molar-refractivity contribution < 1.29 is 19.5 Å². The fraction of sp³-hybridized carbons (Fsp3) is 0.769. The van der Waals surface area contributed by atoms with Gasteiger partial charge in [0.15, 0.2) is 0 Å². The van der Waals surface area contributed by atoms with Gasteiger partial charge in [0.05, 0.1) is 5.92 Å². The number of urea groups is 1. The highest BCUT2D eigenvalue weighted by atomic mass is 16.4. The molecule has 1 fully saturated rings. The maximum Gasteiger partial charge on any atom is 0.317 e. The van der Waals surface area contributed by atoms with Gasteiger partial charge >= 0.3 is 12.0 Å². The molecule has 7 heteroatoms. The normalized spacial score (nSPS) is 17.9. The van der Waals surface area contributed by atoms with E-state index < -0.39 is 11.9 Å². The van der Waals surface area contributed by atoms with Gasteiger partial charge in [0, 0.05) is 25.6 Å². The topological polar surface area (TPSA) is 113 Å². The molecule has 0 bridgehead atoms. The number of primary amides is 1. The van der Waals surface area contributed by atoms with Crippen molar-refractivity contribution in [3.8, 4) is 0 Å². The number of likely N-dealkylation sites (tertiary alicyclic amines) is 1. The molecule has 7 nitrogen and oxygen atoms in total. The highest BCUT2D eigenvalue weighted by Crippen LogP contribution is 2.17. The fourth-order valence-electron chi connectivity index (χ4n) is 2.28. The first-order chi connectivity index (χ1) is 9.32. The largest absolute Gasteiger partial charge is 0.481 e. The van der Waals surface area contributed by atoms with Gasteiger partial charge in [-0.3, -0.25) is 9.59 Å². The lowest BCUT2D eigenvalue weighted by Gasteiger charge is -2.31. The van der Waals surface area contributed by atoms with E-state index in [1.165, 1.54) is 0 Å². The van der Waals surface area contributed by atoms with Gasteiger partial charge < -0.3 is 21.1 Å². The van der Waals surface area contributed by atoms with E-state index in [0.29, 0.717) is 25.9 Å². The number of carbonyl (C=O) groups excluding carboxylic acids is 2. The molecule has 114 valence electrons. The summed E-state index contributed by atoms with van der Waals surface area (Å²) >= 11 is 0. The van der Waals surface area contributed by atoms with E-state index in [-0.39, 0.29) is 30.3 Å². The molecule has 1 atom stereocenters. The average molecular weight is 285 g/mol. The van der Waals surface area contributed by atoms with Gasteiger partial charge in [-0.2, -0.15) is 0 Å². The number of nitrogens with two attached hydrogens (primary N) is 1. The molecule has 0 aromatic heterocycles. The first-order valence-corrected chi connectivity index (χ1v) is 6.87. The third kappa shape index (κ3) is 4.40. The van der Waals surface area contributed by atoms with Gasteiger partial charge in [0.2, 0.25) is 5.91 Å². The van der Waals surface area contributed by atoms with Crippen molar-refractivity contribution in [3.63, 3.8) is 0 Å². The van der Waals surface area contributed by atoms with Gasteiger partial charge in [-0.15, -0.1) is 0 Å². The quantitative estimate of drug-likeness (QED) is 0.672. The minimum atomic E-state index is -0.910. The molecule has 1 saturated heterocycles. The van der Waals surface area contributed by atoms with Crippen molar-refractivity contribution in [1.82, 2.24) is 10.2 Å². The summed E-state index contributed by atoms with van der Waals surface area (Å²) in [6.45, 7) is 4.67. The van der Waals surface area contributed by atoms with Crippen LogP contribution in [0.15, 0.2) is 0 Å². The first-order valence-electron chi connectivity index (χ1n) is 6.87. The summed E-state index contributed by atoms with van der Waals surface area (Å²) in [7, 11) is 0. The summed E-state index contributed by atoms with van der Waals surface area (Å²) in [5.74, 6) is -2.04. The number of nitrogens with one attached hydrogen (secondary N) is 1. The molecule has 0 spiro atoms. The lowest BCUT2D eigenvalue weighted by atomic mass is 9.95. The fourth-order valence-corrected chi connectivity index (χ4v) is 2.28. The molecular weight excluding hydrogens is 262 g/mol. The van der Waals surface area contributed by atoms with E-state index in [1.807, 2.05) is 13.8 Å². The summed E-state index contributed by atoms with van der Waals surface area (Å²) in [6.07, 6.45) is 1.13. The second-order valence-corrected chi connectivity index (χ2v) is 5.54. The molecule has 3 amide bonds. The van der Waals surface area contributed by atoms with Crippen LogP contribution in [0.3, 0.4) is 0 Å². The molecule has 0 radical (unpaired) electrons. The number of carbonyl (C=O) groups is 3. The van der Waals surface area contributed by atoms with Crippen molar-refractivity contribution >= 4 is 17.9 Å². The molecule has 1 heterocycles. The summed E-state index contributed by atoms with van der Waals surface area (Å²) in [4.78, 5) is 35.6. The van der Waals surface area contributed by atoms with E-state index in [9.17, 15) is 14.4 Å². The Labute approximate surface area is 118 Å². The van der Waals surface area contributed by atoms with Crippen LogP contribution in [0.5, 0.6) is 0 Å². The van der Waals surface area contributed by atoms with Gasteiger partial charge in [-0.1, -0.05) is 13.8 Å². The minimum absolute atomic E-state index is 0.0478. The van der Waals surface area contributed by atoms with E-state index in [4.69, 9.17) is 10.8 Å². The zero-order chi connectivity index (χ0) is 15.3. The third-order valence-electron chi connectivity index (χ3n) is 3.78. The molecule has 0 aromatic rings. The number of nitrogens with zero attached hydrogens (tertiary/aromatic N) is 1. The van der Waals surface area contributed by atoms with Gasteiger partial charge in [0.1, 0.15) is 0 Å². The lowest BCUT2D eigenvalue weighted by Crippen LogP contribution is -2.48. The molecule has 1 aliphatic rings. The summed E-state index contributed by atoms with van der Waals surface area (Å²) < 4.78 is 0. The Balaban J connectivity index is 2.40. The van der Waals surface area contributed by atoms with Gasteiger partial charge in [-0.05, 0) is 18.8 Å². The summed E-state index contributed by atoms with van der Waals surface area (Å²) in [5, 5.41) is 11.7. The number of aliphatic carboxylic acids is 1. The van der Waals surface area contributed by atoms with E-state index in [1.54, 1.807) is 4.90 Å². The number of carboxylic acids is 1. The second-order valence-electron chi connectivity index (χ2n) is 5.54. The monoisotopic (exact) mass is 285 g/mol. The Bertz CT molecular complexity index is 376. The smallest absolute Gasteiger partial charge is 0.317 e. The van der Waals surface area contributed by atoms with E-state index in [2.05, 4.69) is 5.32 Å². The minimum Gasteiger partial charge on any atom is -0.481 e. The Morgan fingerprint density at radius 3 is 2.25 bits per heavy atom. The standard InChI is InChI=1S/C13H23N3O4/c1-8(2)10(12(18)19)7-15-13(20)16-5-3-9(4-6-16)11(14)17/h8-10H,3-7H2,1-2H3,(H2,14,17)(H,15,20)(H,18,19). The van der Waals surface area contributed by atoms with Crippen LogP contribution in [0.4, 0.5) is 4.79 Å². The molecule has 0 saturated carbocycles. The highest BCUT2D eigenvalue weighted by molar-refractivity contribution is 5.78. The van der Waals surface area contributed by atoms with Crippen molar-refractivity contribution in [2.75, 3.05) is 19.6 Å². The van der Waals surface area contributed by atoms with Crippen molar-refractivity contribution in [3.05, 3.63) is 0 Å². The van der Waals surface area contributed by atoms with Gasteiger partial charge in [-0.25, -0.2) is 4.79 Å². The zero-order valence-electron chi connectivity index (χ0n) is 12.0. The second kappa shape index (κ2) is 7.12. The molecule has 20 heavy (non-hydrogen) atoms. The third-order valence-corrected chi connectivity index (χ3v) is 3.78. The SMILES string of the molecule is CC(C)C(CNC(=O)N1CCC(C(N)=O)CC1)C(=O)O. The number of amides is 3.